The number of halogens is 1. The third kappa shape index (κ3) is 5.31. The second-order valence-electron chi connectivity index (χ2n) is 4.46. The van der Waals surface area contributed by atoms with Gasteiger partial charge in [0.1, 0.15) is 0 Å². The molecular weight excluding hydrogens is 314 g/mol. The zero-order valence-electron chi connectivity index (χ0n) is 10.8. The summed E-state index contributed by atoms with van der Waals surface area (Å²) in [4.78, 5) is 12.0. The highest BCUT2D eigenvalue weighted by molar-refractivity contribution is 9.10. The maximum Gasteiger partial charge on any atom is 0.251 e. The normalized spacial score (nSPS) is 14.0. The van der Waals surface area contributed by atoms with E-state index in [1.54, 1.807) is 12.3 Å². The van der Waals surface area contributed by atoms with Crippen molar-refractivity contribution in [2.24, 2.45) is 0 Å². The maximum atomic E-state index is 12.0. The smallest absolute Gasteiger partial charge is 0.251 e. The van der Waals surface area contributed by atoms with E-state index in [2.05, 4.69) is 21.2 Å². The lowest BCUT2D eigenvalue weighted by Crippen LogP contribution is -2.33. The van der Waals surface area contributed by atoms with Crippen molar-refractivity contribution in [1.29, 1.82) is 0 Å². The second kappa shape index (κ2) is 7.04. The summed E-state index contributed by atoms with van der Waals surface area (Å²) < 4.78 is 11.9. The molecule has 1 rings (SSSR count). The molecule has 1 aromatic carbocycles. The van der Waals surface area contributed by atoms with Crippen LogP contribution in [0.5, 0.6) is 0 Å². The minimum absolute atomic E-state index is 0.0284. The first kappa shape index (κ1) is 15.4. The van der Waals surface area contributed by atoms with Crippen LogP contribution in [0, 0.1) is 6.92 Å². The van der Waals surface area contributed by atoms with Crippen molar-refractivity contribution < 1.29 is 9.00 Å². The van der Waals surface area contributed by atoms with E-state index in [0.717, 1.165) is 16.5 Å². The van der Waals surface area contributed by atoms with Crippen LogP contribution in [0.1, 0.15) is 29.3 Å². The van der Waals surface area contributed by atoms with Crippen LogP contribution in [0.3, 0.4) is 0 Å². The van der Waals surface area contributed by atoms with Crippen molar-refractivity contribution in [3.8, 4) is 0 Å². The van der Waals surface area contributed by atoms with E-state index in [-0.39, 0.29) is 11.9 Å². The quantitative estimate of drug-likeness (QED) is 0.901. The first-order chi connectivity index (χ1) is 8.38. The van der Waals surface area contributed by atoms with E-state index < -0.39 is 10.8 Å². The van der Waals surface area contributed by atoms with Crippen molar-refractivity contribution >= 4 is 32.6 Å². The SMILES string of the molecule is Cc1cc(Br)cc(C(=O)NC(C)CCS(C)=O)c1. The molecule has 0 aliphatic rings. The van der Waals surface area contributed by atoms with Crippen LogP contribution in [0.15, 0.2) is 22.7 Å². The Hall–Kier alpha value is -0.680. The van der Waals surface area contributed by atoms with Crippen LogP contribution < -0.4 is 5.32 Å². The second-order valence-corrected chi connectivity index (χ2v) is 6.93. The van der Waals surface area contributed by atoms with Gasteiger partial charge in [0.15, 0.2) is 0 Å². The molecule has 0 saturated heterocycles. The first-order valence-electron chi connectivity index (χ1n) is 5.76. The summed E-state index contributed by atoms with van der Waals surface area (Å²) in [5, 5.41) is 2.91. The van der Waals surface area contributed by atoms with Crippen LogP contribution >= 0.6 is 15.9 Å². The molecule has 0 aliphatic carbocycles. The van der Waals surface area contributed by atoms with Gasteiger partial charge in [-0.1, -0.05) is 15.9 Å². The van der Waals surface area contributed by atoms with Gasteiger partial charge in [0, 0.05) is 38.9 Å². The number of hydrogen-bond acceptors (Lipinski definition) is 2. The highest BCUT2D eigenvalue weighted by atomic mass is 79.9. The van der Waals surface area contributed by atoms with Gasteiger partial charge in [0.05, 0.1) is 0 Å². The Morgan fingerprint density at radius 3 is 2.67 bits per heavy atom. The van der Waals surface area contributed by atoms with E-state index in [1.807, 2.05) is 26.0 Å². The van der Waals surface area contributed by atoms with Gasteiger partial charge >= 0.3 is 0 Å². The van der Waals surface area contributed by atoms with Crippen molar-refractivity contribution in [2.75, 3.05) is 12.0 Å². The monoisotopic (exact) mass is 331 g/mol. The average molecular weight is 332 g/mol. The van der Waals surface area contributed by atoms with E-state index in [4.69, 9.17) is 0 Å². The van der Waals surface area contributed by atoms with Crippen LogP contribution in [0.25, 0.3) is 0 Å². The molecule has 0 fully saturated rings. The number of hydrogen-bond donors (Lipinski definition) is 1. The summed E-state index contributed by atoms with van der Waals surface area (Å²) in [6.45, 7) is 3.88. The van der Waals surface area contributed by atoms with E-state index in [0.29, 0.717) is 11.3 Å². The lowest BCUT2D eigenvalue weighted by atomic mass is 10.1. The highest BCUT2D eigenvalue weighted by Crippen LogP contribution is 2.15. The minimum atomic E-state index is -0.812. The fraction of sp³-hybridized carbons (Fsp3) is 0.462. The molecule has 0 spiro atoms. The molecule has 0 saturated carbocycles. The largest absolute Gasteiger partial charge is 0.350 e. The van der Waals surface area contributed by atoms with Gasteiger partial charge in [-0.2, -0.15) is 0 Å². The van der Waals surface area contributed by atoms with Crippen molar-refractivity contribution in [3.05, 3.63) is 33.8 Å². The predicted octanol–water partition coefficient (Wildman–Crippen LogP) is 2.64. The third-order valence-electron chi connectivity index (χ3n) is 2.52. The Bertz CT molecular complexity index is 442. The number of rotatable bonds is 5. The summed E-state index contributed by atoms with van der Waals surface area (Å²) in [6, 6.07) is 5.64. The Morgan fingerprint density at radius 1 is 1.44 bits per heavy atom. The fourth-order valence-electron chi connectivity index (χ4n) is 1.59. The van der Waals surface area contributed by atoms with Gasteiger partial charge in [0.25, 0.3) is 5.91 Å². The molecule has 5 heteroatoms. The van der Waals surface area contributed by atoms with Crippen LogP contribution in [-0.4, -0.2) is 28.2 Å². The molecule has 2 atom stereocenters. The summed E-state index contributed by atoms with van der Waals surface area (Å²) >= 11 is 3.38. The molecule has 1 aromatic rings. The fourth-order valence-corrected chi connectivity index (χ4v) is 2.88. The summed E-state index contributed by atoms with van der Waals surface area (Å²) in [7, 11) is -0.812. The van der Waals surface area contributed by atoms with Gasteiger partial charge < -0.3 is 5.32 Å². The van der Waals surface area contributed by atoms with Gasteiger partial charge in [-0.05, 0) is 44.0 Å². The highest BCUT2D eigenvalue weighted by Gasteiger charge is 2.11. The number of aryl methyl sites for hydroxylation is 1. The molecular formula is C13H18BrNO2S. The molecule has 18 heavy (non-hydrogen) atoms. The molecule has 3 nitrogen and oxygen atoms in total. The van der Waals surface area contributed by atoms with Gasteiger partial charge in [-0.15, -0.1) is 0 Å². The Labute approximate surface area is 119 Å². The van der Waals surface area contributed by atoms with Gasteiger partial charge in [-0.3, -0.25) is 9.00 Å². The molecule has 1 amide bonds. The van der Waals surface area contributed by atoms with Crippen molar-refractivity contribution in [3.63, 3.8) is 0 Å². The Balaban J connectivity index is 2.61. The lowest BCUT2D eigenvalue weighted by molar-refractivity contribution is 0.0939. The summed E-state index contributed by atoms with van der Waals surface area (Å²) in [6.07, 6.45) is 2.40. The Kier molecular flexibility index (Phi) is 6.02. The minimum Gasteiger partial charge on any atom is -0.350 e. The Morgan fingerprint density at radius 2 is 2.11 bits per heavy atom. The van der Waals surface area contributed by atoms with E-state index in [9.17, 15) is 9.00 Å². The van der Waals surface area contributed by atoms with Crippen LogP contribution in [0.4, 0.5) is 0 Å². The topological polar surface area (TPSA) is 46.2 Å². The lowest BCUT2D eigenvalue weighted by Gasteiger charge is -2.13. The zero-order chi connectivity index (χ0) is 13.7. The van der Waals surface area contributed by atoms with Crippen molar-refractivity contribution in [1.82, 2.24) is 5.32 Å². The predicted molar refractivity (Wildman–Crippen MR) is 79.4 cm³/mol. The number of carbonyl (C=O) groups excluding carboxylic acids is 1. The molecule has 0 radical (unpaired) electrons. The standard InChI is InChI=1S/C13H18BrNO2S/c1-9-6-11(8-12(14)7-9)13(16)15-10(2)4-5-18(3)17/h6-8,10H,4-5H2,1-3H3,(H,15,16). The molecule has 0 aromatic heterocycles. The third-order valence-corrected chi connectivity index (χ3v) is 3.79. The number of carbonyl (C=O) groups is 1. The molecule has 1 N–H and O–H groups in total. The van der Waals surface area contributed by atoms with Crippen LogP contribution in [0.2, 0.25) is 0 Å². The number of nitrogens with one attached hydrogen (secondary N) is 1. The summed E-state index contributed by atoms with van der Waals surface area (Å²) in [5.74, 6) is 0.521. The zero-order valence-corrected chi connectivity index (χ0v) is 13.2. The molecule has 100 valence electrons. The number of benzene rings is 1. The van der Waals surface area contributed by atoms with Crippen LogP contribution in [-0.2, 0) is 10.8 Å². The molecule has 2 unspecified atom stereocenters. The average Bonchev–Trinajstić information content (AvgIpc) is 2.25. The molecule has 0 bridgehead atoms. The molecule has 0 heterocycles. The maximum absolute atomic E-state index is 12.0. The van der Waals surface area contributed by atoms with Gasteiger partial charge in [-0.25, -0.2) is 0 Å². The van der Waals surface area contributed by atoms with Gasteiger partial charge in [0.2, 0.25) is 0 Å². The van der Waals surface area contributed by atoms with E-state index in [1.165, 1.54) is 0 Å². The number of amides is 1. The first-order valence-corrected chi connectivity index (χ1v) is 8.28. The van der Waals surface area contributed by atoms with Crippen molar-refractivity contribution in [2.45, 2.75) is 26.3 Å². The molecule has 0 aliphatic heterocycles. The van der Waals surface area contributed by atoms with E-state index >= 15 is 0 Å². The summed E-state index contributed by atoms with van der Waals surface area (Å²) in [5.41, 5.74) is 1.68.